The molecule has 20 heavy (non-hydrogen) atoms. The Bertz CT molecular complexity index is 675. The Morgan fingerprint density at radius 1 is 1.45 bits per heavy atom. The third kappa shape index (κ3) is 2.86. The SMILES string of the molecule is Cc1nn(CCN)c(C)c1S(=O)(=O)NCc1ncn[nH]1. The van der Waals surface area contributed by atoms with E-state index in [1.807, 2.05) is 0 Å². The molecule has 10 heteroatoms. The van der Waals surface area contributed by atoms with Crippen molar-refractivity contribution in [2.75, 3.05) is 6.54 Å². The third-order valence-corrected chi connectivity index (χ3v) is 4.47. The molecule has 0 atom stereocenters. The van der Waals surface area contributed by atoms with Gasteiger partial charge in [0.05, 0.1) is 24.5 Å². The predicted molar refractivity (Wildman–Crippen MR) is 71.2 cm³/mol. The number of nitrogens with one attached hydrogen (secondary N) is 2. The zero-order chi connectivity index (χ0) is 14.8. The summed E-state index contributed by atoms with van der Waals surface area (Å²) in [5, 5.41) is 10.4. The summed E-state index contributed by atoms with van der Waals surface area (Å²) in [4.78, 5) is 4.05. The van der Waals surface area contributed by atoms with E-state index in [1.54, 1.807) is 18.5 Å². The van der Waals surface area contributed by atoms with Gasteiger partial charge in [-0.2, -0.15) is 10.2 Å². The van der Waals surface area contributed by atoms with Crippen molar-refractivity contribution < 1.29 is 8.42 Å². The first kappa shape index (κ1) is 14.6. The number of aromatic nitrogens is 5. The fraction of sp³-hybridized carbons (Fsp3) is 0.500. The molecule has 9 nitrogen and oxygen atoms in total. The molecule has 0 aliphatic carbocycles. The second kappa shape index (κ2) is 5.69. The van der Waals surface area contributed by atoms with Crippen LogP contribution in [0.25, 0.3) is 0 Å². The van der Waals surface area contributed by atoms with Crippen LogP contribution in [0.3, 0.4) is 0 Å². The van der Waals surface area contributed by atoms with Gasteiger partial charge >= 0.3 is 0 Å². The molecule has 0 aliphatic heterocycles. The van der Waals surface area contributed by atoms with Crippen molar-refractivity contribution in [3.8, 4) is 0 Å². The van der Waals surface area contributed by atoms with Crippen molar-refractivity contribution in [1.29, 1.82) is 0 Å². The van der Waals surface area contributed by atoms with Gasteiger partial charge in [-0.3, -0.25) is 9.78 Å². The first-order chi connectivity index (χ1) is 9.45. The van der Waals surface area contributed by atoms with Gasteiger partial charge in [0.2, 0.25) is 10.0 Å². The van der Waals surface area contributed by atoms with Crippen LogP contribution in [0.5, 0.6) is 0 Å². The van der Waals surface area contributed by atoms with Gasteiger partial charge in [0.15, 0.2) is 0 Å². The van der Waals surface area contributed by atoms with Gasteiger partial charge in [0, 0.05) is 6.54 Å². The Morgan fingerprint density at radius 2 is 2.20 bits per heavy atom. The van der Waals surface area contributed by atoms with Crippen molar-refractivity contribution in [3.63, 3.8) is 0 Å². The highest BCUT2D eigenvalue weighted by Gasteiger charge is 2.24. The normalized spacial score (nSPS) is 11.9. The number of aromatic amines is 1. The lowest BCUT2D eigenvalue weighted by atomic mass is 10.4. The molecule has 2 heterocycles. The van der Waals surface area contributed by atoms with E-state index in [4.69, 9.17) is 5.73 Å². The molecule has 2 aromatic rings. The summed E-state index contributed by atoms with van der Waals surface area (Å²) in [7, 11) is -3.66. The average molecular weight is 299 g/mol. The fourth-order valence-corrected chi connectivity index (χ4v) is 3.36. The number of H-pyrrole nitrogens is 1. The smallest absolute Gasteiger partial charge is 0.244 e. The van der Waals surface area contributed by atoms with E-state index in [2.05, 4.69) is 25.0 Å². The Kier molecular flexibility index (Phi) is 4.16. The van der Waals surface area contributed by atoms with Crippen LogP contribution in [0.1, 0.15) is 17.2 Å². The number of aryl methyl sites for hydroxylation is 1. The molecule has 4 N–H and O–H groups in total. The number of sulfonamides is 1. The molecule has 2 rings (SSSR count). The highest BCUT2D eigenvalue weighted by molar-refractivity contribution is 7.89. The van der Waals surface area contributed by atoms with Crippen LogP contribution in [0.15, 0.2) is 11.2 Å². The minimum Gasteiger partial charge on any atom is -0.329 e. The van der Waals surface area contributed by atoms with Gasteiger partial charge in [0.25, 0.3) is 0 Å². The lowest BCUT2D eigenvalue weighted by Gasteiger charge is -2.06. The molecular weight excluding hydrogens is 282 g/mol. The Balaban J connectivity index is 2.25. The van der Waals surface area contributed by atoms with Gasteiger partial charge in [0.1, 0.15) is 17.0 Å². The molecule has 0 radical (unpaired) electrons. The first-order valence-corrected chi connectivity index (χ1v) is 7.52. The second-order valence-electron chi connectivity index (χ2n) is 4.27. The van der Waals surface area contributed by atoms with E-state index in [0.717, 1.165) is 0 Å². The van der Waals surface area contributed by atoms with E-state index in [1.165, 1.54) is 6.33 Å². The van der Waals surface area contributed by atoms with Crippen LogP contribution < -0.4 is 10.5 Å². The summed E-state index contributed by atoms with van der Waals surface area (Å²) in [5.41, 5.74) is 6.49. The molecular formula is C10H17N7O2S. The first-order valence-electron chi connectivity index (χ1n) is 6.03. The predicted octanol–water partition coefficient (Wildman–Crippen LogP) is -0.945. The third-order valence-electron chi connectivity index (χ3n) is 2.82. The molecule has 0 aliphatic rings. The lowest BCUT2D eigenvalue weighted by molar-refractivity contribution is 0.575. The van der Waals surface area contributed by atoms with Crippen molar-refractivity contribution in [2.45, 2.75) is 31.8 Å². The Morgan fingerprint density at radius 3 is 2.80 bits per heavy atom. The standard InChI is InChI=1S/C10H17N7O2S/c1-7-10(8(2)17(16-7)4-3-11)20(18,19)14-5-9-12-6-13-15-9/h6,14H,3-5,11H2,1-2H3,(H,12,13,15). The van der Waals surface area contributed by atoms with Crippen LogP contribution >= 0.6 is 0 Å². The molecule has 0 saturated carbocycles. The zero-order valence-electron chi connectivity index (χ0n) is 11.3. The second-order valence-corrected chi connectivity index (χ2v) is 5.97. The molecule has 110 valence electrons. The van der Waals surface area contributed by atoms with Crippen LogP contribution in [0.2, 0.25) is 0 Å². The zero-order valence-corrected chi connectivity index (χ0v) is 12.1. The highest BCUT2D eigenvalue weighted by Crippen LogP contribution is 2.19. The maximum Gasteiger partial charge on any atom is 0.244 e. The van der Waals surface area contributed by atoms with Gasteiger partial charge in [-0.05, 0) is 13.8 Å². The number of nitrogens with zero attached hydrogens (tertiary/aromatic N) is 4. The van der Waals surface area contributed by atoms with Crippen LogP contribution in [0, 0.1) is 13.8 Å². The monoisotopic (exact) mass is 299 g/mol. The summed E-state index contributed by atoms with van der Waals surface area (Å²) in [6.07, 6.45) is 1.32. The lowest BCUT2D eigenvalue weighted by Crippen LogP contribution is -2.25. The fourth-order valence-electron chi connectivity index (χ4n) is 1.96. The number of rotatable bonds is 6. The summed E-state index contributed by atoms with van der Waals surface area (Å²) >= 11 is 0. The molecule has 0 amide bonds. The average Bonchev–Trinajstić information content (AvgIpc) is 2.97. The van der Waals surface area contributed by atoms with E-state index in [0.29, 0.717) is 30.3 Å². The highest BCUT2D eigenvalue weighted by atomic mass is 32.2. The van der Waals surface area contributed by atoms with Crippen LogP contribution in [0.4, 0.5) is 0 Å². The molecule has 0 unspecified atom stereocenters. The molecule has 2 aromatic heterocycles. The molecule has 0 bridgehead atoms. The van der Waals surface area contributed by atoms with Crippen LogP contribution in [-0.4, -0.2) is 39.9 Å². The summed E-state index contributed by atoms with van der Waals surface area (Å²) in [5.74, 6) is 0.443. The summed E-state index contributed by atoms with van der Waals surface area (Å²) in [6, 6.07) is 0. The van der Waals surface area contributed by atoms with E-state index < -0.39 is 10.0 Å². The van der Waals surface area contributed by atoms with Gasteiger partial charge in [-0.1, -0.05) is 0 Å². The van der Waals surface area contributed by atoms with Crippen molar-refractivity contribution in [1.82, 2.24) is 29.7 Å². The van der Waals surface area contributed by atoms with E-state index in [-0.39, 0.29) is 11.4 Å². The topological polar surface area (TPSA) is 132 Å². The van der Waals surface area contributed by atoms with Crippen LogP contribution in [-0.2, 0) is 23.1 Å². The maximum atomic E-state index is 12.3. The molecule has 0 fully saturated rings. The number of hydrogen-bond donors (Lipinski definition) is 3. The largest absolute Gasteiger partial charge is 0.329 e. The Labute approximate surface area is 116 Å². The molecule has 0 spiro atoms. The minimum atomic E-state index is -3.66. The van der Waals surface area contributed by atoms with E-state index in [9.17, 15) is 8.42 Å². The molecule has 0 saturated heterocycles. The maximum absolute atomic E-state index is 12.3. The van der Waals surface area contributed by atoms with Crippen molar-refractivity contribution in [3.05, 3.63) is 23.5 Å². The van der Waals surface area contributed by atoms with Gasteiger partial charge < -0.3 is 5.73 Å². The van der Waals surface area contributed by atoms with E-state index >= 15 is 0 Å². The van der Waals surface area contributed by atoms with Gasteiger partial charge in [-0.15, -0.1) is 0 Å². The molecule has 0 aromatic carbocycles. The summed E-state index contributed by atoms with van der Waals surface area (Å²) in [6.45, 7) is 4.28. The minimum absolute atomic E-state index is 0.0449. The van der Waals surface area contributed by atoms with Crippen molar-refractivity contribution >= 4 is 10.0 Å². The Hall–Kier alpha value is -1.78. The quantitative estimate of drug-likeness (QED) is 0.630. The number of nitrogens with two attached hydrogens (primary N) is 1. The van der Waals surface area contributed by atoms with Gasteiger partial charge in [-0.25, -0.2) is 18.1 Å². The van der Waals surface area contributed by atoms with Crippen molar-refractivity contribution in [2.24, 2.45) is 5.73 Å². The number of hydrogen-bond acceptors (Lipinski definition) is 6. The summed E-state index contributed by atoms with van der Waals surface area (Å²) < 4.78 is 28.7.